The molecule has 0 spiro atoms. The molecule has 1 fully saturated rings. The van der Waals surface area contributed by atoms with Crippen LogP contribution in [0.3, 0.4) is 0 Å². The van der Waals surface area contributed by atoms with E-state index < -0.39 is 0 Å². The third-order valence-electron chi connectivity index (χ3n) is 4.83. The molecule has 2 aromatic rings. The number of benzene rings is 2. The molecule has 0 bridgehead atoms. The number of piperidine rings is 1. The Balaban J connectivity index is 1.46. The summed E-state index contributed by atoms with van der Waals surface area (Å²) in [6.45, 7) is 3.57. The van der Waals surface area contributed by atoms with Gasteiger partial charge in [0, 0.05) is 24.0 Å². The van der Waals surface area contributed by atoms with Gasteiger partial charge in [-0.25, -0.2) is 0 Å². The van der Waals surface area contributed by atoms with Crippen LogP contribution >= 0.6 is 12.6 Å². The van der Waals surface area contributed by atoms with Crippen LogP contribution < -0.4 is 14.8 Å². The first kappa shape index (κ1) is 21.0. The molecule has 0 atom stereocenters. The summed E-state index contributed by atoms with van der Waals surface area (Å²) in [6, 6.07) is 14.6. The van der Waals surface area contributed by atoms with Gasteiger partial charge in [0.2, 0.25) is 0 Å². The summed E-state index contributed by atoms with van der Waals surface area (Å²) in [7, 11) is 0. The fourth-order valence-corrected chi connectivity index (χ4v) is 3.54. The lowest BCUT2D eigenvalue weighted by atomic mass is 10.0. The quantitative estimate of drug-likeness (QED) is 0.683. The van der Waals surface area contributed by atoms with Gasteiger partial charge in [-0.1, -0.05) is 24.3 Å². The first-order valence-corrected chi connectivity index (χ1v) is 10.2. The van der Waals surface area contributed by atoms with E-state index in [0.717, 1.165) is 0 Å². The second-order valence-electron chi connectivity index (χ2n) is 6.81. The van der Waals surface area contributed by atoms with E-state index in [1.807, 2.05) is 37.3 Å². The van der Waals surface area contributed by atoms with Crippen molar-refractivity contribution in [1.29, 1.82) is 0 Å². The monoisotopic (exact) mass is 414 g/mol. The van der Waals surface area contributed by atoms with Gasteiger partial charge < -0.3 is 19.7 Å². The molecule has 0 aliphatic carbocycles. The highest BCUT2D eigenvalue weighted by atomic mass is 32.1. The fourth-order valence-electron chi connectivity index (χ4n) is 3.28. The highest BCUT2D eigenvalue weighted by Crippen LogP contribution is 2.26. The second kappa shape index (κ2) is 10.2. The van der Waals surface area contributed by atoms with Crippen molar-refractivity contribution < 1.29 is 19.1 Å². The zero-order valence-corrected chi connectivity index (χ0v) is 17.4. The van der Waals surface area contributed by atoms with Crippen LogP contribution in [-0.2, 0) is 4.79 Å². The fraction of sp³-hybridized carbons (Fsp3) is 0.364. The molecule has 2 amide bonds. The predicted molar refractivity (Wildman–Crippen MR) is 114 cm³/mol. The van der Waals surface area contributed by atoms with Crippen LogP contribution in [0.1, 0.15) is 30.1 Å². The number of nitrogens with zero attached hydrogens (tertiary/aromatic N) is 1. The lowest BCUT2D eigenvalue weighted by Crippen LogP contribution is -2.47. The van der Waals surface area contributed by atoms with E-state index in [1.54, 1.807) is 23.1 Å². The molecule has 1 aliphatic heterocycles. The molecule has 6 nitrogen and oxygen atoms in total. The van der Waals surface area contributed by atoms with Gasteiger partial charge in [0.1, 0.15) is 0 Å². The van der Waals surface area contributed by atoms with E-state index in [2.05, 4.69) is 17.9 Å². The standard InChI is InChI=1S/C22H26N2O4S/c1-2-27-18-8-4-5-9-19(18)28-15-21(25)24-13-11-16(12-14-24)23-22(26)17-7-3-6-10-20(17)29/h3-10,16,29H,2,11-15H2,1H3,(H,23,26). The van der Waals surface area contributed by atoms with Gasteiger partial charge in [0.05, 0.1) is 12.2 Å². The molecule has 1 saturated heterocycles. The van der Waals surface area contributed by atoms with Crippen molar-refractivity contribution in [1.82, 2.24) is 10.2 Å². The zero-order chi connectivity index (χ0) is 20.6. The minimum absolute atomic E-state index is 0.0336. The van der Waals surface area contributed by atoms with Crippen LogP contribution in [-0.4, -0.2) is 49.1 Å². The van der Waals surface area contributed by atoms with E-state index in [4.69, 9.17) is 9.47 Å². The summed E-state index contributed by atoms with van der Waals surface area (Å²) in [5.41, 5.74) is 0.565. The summed E-state index contributed by atoms with van der Waals surface area (Å²) in [6.07, 6.45) is 1.42. The Hall–Kier alpha value is -2.67. The lowest BCUT2D eigenvalue weighted by Gasteiger charge is -2.32. The van der Waals surface area contributed by atoms with Crippen LogP contribution in [0.25, 0.3) is 0 Å². The number of amides is 2. The molecule has 0 unspecified atom stereocenters. The summed E-state index contributed by atoms with van der Waals surface area (Å²) in [5, 5.41) is 3.04. The first-order valence-electron chi connectivity index (χ1n) is 9.79. The van der Waals surface area contributed by atoms with Crippen molar-refractivity contribution in [3.8, 4) is 11.5 Å². The maximum atomic E-state index is 12.5. The first-order chi connectivity index (χ1) is 14.1. The van der Waals surface area contributed by atoms with Crippen molar-refractivity contribution in [2.24, 2.45) is 0 Å². The normalized spacial score (nSPS) is 14.3. The Morgan fingerprint density at radius 2 is 1.66 bits per heavy atom. The smallest absolute Gasteiger partial charge is 0.260 e. The molecule has 0 saturated carbocycles. The highest BCUT2D eigenvalue weighted by molar-refractivity contribution is 7.80. The van der Waals surface area contributed by atoms with Crippen molar-refractivity contribution in [2.75, 3.05) is 26.3 Å². The number of carbonyl (C=O) groups is 2. The molecule has 2 aromatic carbocycles. The van der Waals surface area contributed by atoms with Gasteiger partial charge in [-0.05, 0) is 44.0 Å². The van der Waals surface area contributed by atoms with Gasteiger partial charge in [-0.2, -0.15) is 0 Å². The van der Waals surface area contributed by atoms with Gasteiger partial charge in [0.25, 0.3) is 11.8 Å². The zero-order valence-electron chi connectivity index (χ0n) is 16.5. The average molecular weight is 415 g/mol. The maximum absolute atomic E-state index is 12.5. The Bertz CT molecular complexity index is 850. The van der Waals surface area contributed by atoms with Crippen LogP contribution in [0.4, 0.5) is 0 Å². The van der Waals surface area contributed by atoms with Gasteiger partial charge >= 0.3 is 0 Å². The molecular formula is C22H26N2O4S. The second-order valence-corrected chi connectivity index (χ2v) is 7.30. The Labute approximate surface area is 176 Å². The number of hydrogen-bond donors (Lipinski definition) is 2. The third-order valence-corrected chi connectivity index (χ3v) is 5.22. The summed E-state index contributed by atoms with van der Waals surface area (Å²) in [4.78, 5) is 27.4. The molecule has 1 heterocycles. The van der Waals surface area contributed by atoms with Crippen molar-refractivity contribution >= 4 is 24.4 Å². The van der Waals surface area contributed by atoms with Gasteiger partial charge in [0.15, 0.2) is 18.1 Å². The van der Waals surface area contributed by atoms with Crippen LogP contribution in [0.5, 0.6) is 11.5 Å². The predicted octanol–water partition coefficient (Wildman–Crippen LogP) is 3.17. The minimum Gasteiger partial charge on any atom is -0.490 e. The van der Waals surface area contributed by atoms with E-state index in [1.165, 1.54) is 0 Å². The number of hydrogen-bond acceptors (Lipinski definition) is 5. The number of ether oxygens (including phenoxy) is 2. The number of thiol groups is 1. The number of para-hydroxylation sites is 2. The summed E-state index contributed by atoms with van der Waals surface area (Å²) < 4.78 is 11.2. The molecule has 0 aromatic heterocycles. The molecule has 154 valence electrons. The minimum atomic E-state index is -0.128. The van der Waals surface area contributed by atoms with Crippen LogP contribution in [0, 0.1) is 0 Å². The van der Waals surface area contributed by atoms with Crippen molar-refractivity contribution in [3.63, 3.8) is 0 Å². The summed E-state index contributed by atoms with van der Waals surface area (Å²) >= 11 is 4.33. The molecular weight excluding hydrogens is 388 g/mol. The molecule has 1 aliphatic rings. The number of carbonyl (C=O) groups excluding carboxylic acids is 2. The Kier molecular flexibility index (Phi) is 7.41. The van der Waals surface area contributed by atoms with Crippen molar-refractivity contribution in [3.05, 3.63) is 54.1 Å². The van der Waals surface area contributed by atoms with Crippen molar-refractivity contribution in [2.45, 2.75) is 30.7 Å². The molecule has 0 radical (unpaired) electrons. The topological polar surface area (TPSA) is 67.9 Å². The highest BCUT2D eigenvalue weighted by Gasteiger charge is 2.25. The van der Waals surface area contributed by atoms with Gasteiger partial charge in [-0.15, -0.1) is 12.6 Å². The Morgan fingerprint density at radius 3 is 2.31 bits per heavy atom. The lowest BCUT2D eigenvalue weighted by molar-refractivity contribution is -0.134. The van der Waals surface area contributed by atoms with Gasteiger partial charge in [-0.3, -0.25) is 9.59 Å². The number of rotatable bonds is 7. The number of nitrogens with one attached hydrogen (secondary N) is 1. The third kappa shape index (κ3) is 5.67. The van der Waals surface area contributed by atoms with E-state index in [-0.39, 0.29) is 24.5 Å². The summed E-state index contributed by atoms with van der Waals surface area (Å²) in [5.74, 6) is 1.00. The molecule has 29 heavy (non-hydrogen) atoms. The Morgan fingerprint density at radius 1 is 1.03 bits per heavy atom. The van der Waals surface area contributed by atoms with E-state index >= 15 is 0 Å². The molecule has 7 heteroatoms. The van der Waals surface area contributed by atoms with E-state index in [0.29, 0.717) is 54.5 Å². The maximum Gasteiger partial charge on any atom is 0.260 e. The largest absolute Gasteiger partial charge is 0.490 e. The number of likely N-dealkylation sites (tertiary alicyclic amines) is 1. The van der Waals surface area contributed by atoms with Crippen LogP contribution in [0.2, 0.25) is 0 Å². The molecule has 3 rings (SSSR count). The van der Waals surface area contributed by atoms with E-state index in [9.17, 15) is 9.59 Å². The average Bonchev–Trinajstić information content (AvgIpc) is 2.74. The molecule has 1 N–H and O–H groups in total. The van der Waals surface area contributed by atoms with Crippen LogP contribution in [0.15, 0.2) is 53.4 Å². The SMILES string of the molecule is CCOc1ccccc1OCC(=O)N1CCC(NC(=O)c2ccccc2S)CC1.